The molecule has 0 spiro atoms. The van der Waals surface area contributed by atoms with Crippen molar-refractivity contribution in [2.75, 3.05) is 24.5 Å². The summed E-state index contributed by atoms with van der Waals surface area (Å²) in [5, 5.41) is 3.29. The summed E-state index contributed by atoms with van der Waals surface area (Å²) in [5.41, 5.74) is -0.354. The maximum absolute atomic E-state index is 14.0. The highest BCUT2D eigenvalue weighted by Crippen LogP contribution is 2.35. The minimum absolute atomic E-state index is 0.0902. The Balaban J connectivity index is 1.42. The normalized spacial score (nSPS) is 16.7. The first kappa shape index (κ1) is 32.9. The monoisotopic (exact) mass is 688 g/mol. The highest BCUT2D eigenvalue weighted by molar-refractivity contribution is 7.89. The second-order valence-corrected chi connectivity index (χ2v) is 13.5. The zero-order valence-corrected chi connectivity index (χ0v) is 26.2. The van der Waals surface area contributed by atoms with Gasteiger partial charge in [-0.3, -0.25) is 4.79 Å². The van der Waals surface area contributed by atoms with E-state index in [-0.39, 0.29) is 43.3 Å². The van der Waals surface area contributed by atoms with Gasteiger partial charge in [-0.05, 0) is 36.8 Å². The van der Waals surface area contributed by atoms with E-state index in [4.69, 9.17) is 11.6 Å². The van der Waals surface area contributed by atoms with Gasteiger partial charge in [0.05, 0.1) is 10.5 Å². The Labute approximate surface area is 264 Å². The number of hydrogen-bond donors (Lipinski definition) is 1. The number of fused-ring (bicyclic) bond motifs is 1. The Morgan fingerprint density at radius 2 is 1.64 bits per heavy atom. The second-order valence-electron chi connectivity index (χ2n) is 10.3. The van der Waals surface area contributed by atoms with Gasteiger partial charge in [0.25, 0.3) is 5.92 Å². The standard InChI is InChI=1S/C28H26ClF5N6O3S2/c1-3-27(30,31)18-6-4-17(5-7-18)14-35-25(41)21-15-39(26-38-24-22(44-26)23(29)36-16(2)37-24)12-13-40(21)45(42,43)20-10-8-19(9-11-20)28(32,33)34/h4-11,21H,3,12-15H2,1-2H3,(H,35,41)/t21-/m1/s1. The Bertz CT molecular complexity index is 1820. The van der Waals surface area contributed by atoms with Crippen LogP contribution in [-0.2, 0) is 33.5 Å². The number of alkyl halides is 5. The predicted octanol–water partition coefficient (Wildman–Crippen LogP) is 5.76. The van der Waals surface area contributed by atoms with Crippen molar-refractivity contribution in [1.82, 2.24) is 24.6 Å². The second kappa shape index (κ2) is 12.4. The minimum Gasteiger partial charge on any atom is -0.351 e. The van der Waals surface area contributed by atoms with Gasteiger partial charge in [0.2, 0.25) is 15.9 Å². The lowest BCUT2D eigenvalue weighted by Crippen LogP contribution is -2.60. The summed E-state index contributed by atoms with van der Waals surface area (Å²) in [6, 6.07) is 7.11. The molecule has 4 aromatic rings. The van der Waals surface area contributed by atoms with Gasteiger partial charge in [0.1, 0.15) is 16.6 Å². The SMILES string of the molecule is CCC(F)(F)c1ccc(CNC(=O)[C@H]2CN(c3nc4nc(C)nc(Cl)c4s3)CCN2S(=O)(=O)c2ccc(C(F)(F)F)cc2)cc1. The van der Waals surface area contributed by atoms with Crippen LogP contribution in [0.5, 0.6) is 0 Å². The number of thiazole rings is 1. The summed E-state index contributed by atoms with van der Waals surface area (Å²) >= 11 is 7.43. The van der Waals surface area contributed by atoms with Gasteiger partial charge in [0.15, 0.2) is 15.9 Å². The molecule has 1 aliphatic rings. The van der Waals surface area contributed by atoms with Gasteiger partial charge >= 0.3 is 6.18 Å². The highest BCUT2D eigenvalue weighted by atomic mass is 35.5. The van der Waals surface area contributed by atoms with Crippen molar-refractivity contribution in [3.8, 4) is 0 Å². The number of carbonyl (C=O) groups is 1. The fraction of sp³-hybridized carbons (Fsp3) is 0.357. The van der Waals surface area contributed by atoms with E-state index in [0.717, 1.165) is 16.4 Å². The lowest BCUT2D eigenvalue weighted by molar-refractivity contribution is -0.137. The van der Waals surface area contributed by atoms with Gasteiger partial charge in [-0.1, -0.05) is 54.1 Å². The molecule has 2 aromatic carbocycles. The lowest BCUT2D eigenvalue weighted by atomic mass is 10.0. The molecule has 240 valence electrons. The topological polar surface area (TPSA) is 108 Å². The predicted molar refractivity (Wildman–Crippen MR) is 159 cm³/mol. The molecule has 1 N–H and O–H groups in total. The summed E-state index contributed by atoms with van der Waals surface area (Å²) in [4.78, 5) is 27.8. The first-order chi connectivity index (χ1) is 21.1. The number of aryl methyl sites for hydroxylation is 1. The van der Waals surface area contributed by atoms with Crippen molar-refractivity contribution >= 4 is 54.3 Å². The maximum atomic E-state index is 14.0. The molecule has 5 rings (SSSR count). The van der Waals surface area contributed by atoms with Crippen LogP contribution < -0.4 is 10.2 Å². The van der Waals surface area contributed by atoms with Crippen molar-refractivity contribution in [3.05, 3.63) is 76.2 Å². The molecule has 1 atom stereocenters. The number of nitrogens with zero attached hydrogens (tertiary/aromatic N) is 5. The third-order valence-corrected chi connectivity index (χ3v) is 10.7. The number of amides is 1. The van der Waals surface area contributed by atoms with Crippen LogP contribution in [0, 0.1) is 6.92 Å². The quantitative estimate of drug-likeness (QED) is 0.185. The number of sulfonamides is 1. The van der Waals surface area contributed by atoms with Crippen LogP contribution in [0.25, 0.3) is 10.3 Å². The molecule has 45 heavy (non-hydrogen) atoms. The van der Waals surface area contributed by atoms with Gasteiger partial charge < -0.3 is 10.2 Å². The minimum atomic E-state index is -4.66. The van der Waals surface area contributed by atoms with Crippen LogP contribution in [0.1, 0.15) is 35.9 Å². The van der Waals surface area contributed by atoms with Crippen molar-refractivity contribution < 1.29 is 35.2 Å². The highest BCUT2D eigenvalue weighted by Gasteiger charge is 2.41. The van der Waals surface area contributed by atoms with E-state index < -0.39 is 44.5 Å². The van der Waals surface area contributed by atoms with Crippen LogP contribution in [0.15, 0.2) is 53.4 Å². The number of hydrogen-bond acceptors (Lipinski definition) is 8. The van der Waals surface area contributed by atoms with Gasteiger partial charge in [0, 0.05) is 38.2 Å². The molecule has 0 unspecified atom stereocenters. The molecule has 2 aromatic heterocycles. The Hall–Kier alpha value is -3.47. The smallest absolute Gasteiger partial charge is 0.351 e. The van der Waals surface area contributed by atoms with Crippen molar-refractivity contribution in [1.29, 1.82) is 0 Å². The number of benzene rings is 2. The summed E-state index contributed by atoms with van der Waals surface area (Å²) in [6.07, 6.45) is -5.04. The summed E-state index contributed by atoms with van der Waals surface area (Å²) in [7, 11) is -4.43. The molecule has 17 heteroatoms. The van der Waals surface area contributed by atoms with Crippen LogP contribution in [0.2, 0.25) is 5.15 Å². The van der Waals surface area contributed by atoms with Gasteiger partial charge in [-0.15, -0.1) is 0 Å². The van der Waals surface area contributed by atoms with Gasteiger partial charge in [-0.25, -0.2) is 27.2 Å². The van der Waals surface area contributed by atoms with Crippen LogP contribution in [-0.4, -0.2) is 59.3 Å². The van der Waals surface area contributed by atoms with Crippen molar-refractivity contribution in [2.45, 2.75) is 49.8 Å². The van der Waals surface area contributed by atoms with Crippen molar-refractivity contribution in [2.24, 2.45) is 0 Å². The van der Waals surface area contributed by atoms with E-state index in [1.165, 1.54) is 42.5 Å². The molecule has 0 bridgehead atoms. The maximum Gasteiger partial charge on any atom is 0.416 e. The molecular weight excluding hydrogens is 663 g/mol. The number of nitrogens with one attached hydrogen (secondary N) is 1. The zero-order valence-electron chi connectivity index (χ0n) is 23.8. The van der Waals surface area contributed by atoms with E-state index in [1.807, 2.05) is 0 Å². The number of rotatable bonds is 8. The number of anilines is 1. The molecule has 1 fully saturated rings. The molecule has 0 aliphatic carbocycles. The lowest BCUT2D eigenvalue weighted by Gasteiger charge is -2.39. The molecule has 0 radical (unpaired) electrons. The molecule has 1 aliphatic heterocycles. The van der Waals surface area contributed by atoms with Crippen LogP contribution >= 0.6 is 22.9 Å². The van der Waals surface area contributed by atoms with E-state index in [0.29, 0.717) is 39.0 Å². The van der Waals surface area contributed by atoms with E-state index >= 15 is 0 Å². The fourth-order valence-corrected chi connectivity index (χ4v) is 7.60. The number of halogens is 6. The number of piperazine rings is 1. The average Bonchev–Trinajstić information content (AvgIpc) is 3.44. The van der Waals surface area contributed by atoms with E-state index in [1.54, 1.807) is 11.8 Å². The summed E-state index contributed by atoms with van der Waals surface area (Å²) in [5.74, 6) is -3.30. The first-order valence-electron chi connectivity index (χ1n) is 13.6. The van der Waals surface area contributed by atoms with Gasteiger partial charge in [-0.2, -0.15) is 22.5 Å². The average molecular weight is 689 g/mol. The fourth-order valence-electron chi connectivity index (χ4n) is 4.79. The molecule has 1 saturated heterocycles. The Morgan fingerprint density at radius 3 is 2.27 bits per heavy atom. The Morgan fingerprint density at radius 1 is 1.00 bits per heavy atom. The molecule has 1 amide bonds. The van der Waals surface area contributed by atoms with E-state index in [9.17, 15) is 35.2 Å². The third-order valence-electron chi connectivity index (χ3n) is 7.29. The summed E-state index contributed by atoms with van der Waals surface area (Å²) < 4.78 is 96.2. The summed E-state index contributed by atoms with van der Waals surface area (Å²) in [6.45, 7) is 2.67. The zero-order chi connectivity index (χ0) is 32.7. The number of carbonyl (C=O) groups excluding carboxylic acids is 1. The van der Waals surface area contributed by atoms with Crippen LogP contribution in [0.3, 0.4) is 0 Å². The molecule has 0 saturated carbocycles. The first-order valence-corrected chi connectivity index (χ1v) is 16.2. The van der Waals surface area contributed by atoms with Crippen LogP contribution in [0.4, 0.5) is 27.1 Å². The molecule has 9 nitrogen and oxygen atoms in total. The third kappa shape index (κ3) is 6.88. The largest absolute Gasteiger partial charge is 0.416 e. The Kier molecular flexibility index (Phi) is 9.05. The van der Waals surface area contributed by atoms with Crippen molar-refractivity contribution in [3.63, 3.8) is 0 Å². The molecule has 3 heterocycles. The molecular formula is C28H26ClF5N6O3S2. The number of aromatic nitrogens is 3. The van der Waals surface area contributed by atoms with E-state index in [2.05, 4.69) is 20.3 Å².